The molecule has 1 heterocycles. The van der Waals surface area contributed by atoms with Gasteiger partial charge in [-0.05, 0) is 51.1 Å². The lowest BCUT2D eigenvalue weighted by atomic mass is 10.1. The van der Waals surface area contributed by atoms with Crippen molar-refractivity contribution >= 4 is 49.1 Å². The highest BCUT2D eigenvalue weighted by Crippen LogP contribution is 2.26. The fraction of sp³-hybridized carbons (Fsp3) is 0.214. The third-order valence-corrected chi connectivity index (χ3v) is 4.83. The molecule has 2 aromatic rings. The number of benzene rings is 1. The smallest absolute Gasteiger partial charge is 0.257 e. The Morgan fingerprint density at radius 2 is 2.10 bits per heavy atom. The van der Waals surface area contributed by atoms with E-state index in [4.69, 9.17) is 4.74 Å². The van der Waals surface area contributed by atoms with Gasteiger partial charge < -0.3 is 9.64 Å². The lowest BCUT2D eigenvalue weighted by Gasteiger charge is -2.18. The predicted molar refractivity (Wildman–Crippen MR) is 88.5 cm³/mol. The Morgan fingerprint density at radius 1 is 1.35 bits per heavy atom. The molecule has 20 heavy (non-hydrogen) atoms. The fourth-order valence-electron chi connectivity index (χ4n) is 1.82. The summed E-state index contributed by atoms with van der Waals surface area (Å²) < 4.78 is 7.22. The number of carbonyl (C=O) groups excluding carboxylic acids is 1. The van der Waals surface area contributed by atoms with E-state index in [1.807, 2.05) is 17.5 Å². The molecule has 6 heteroatoms. The molecule has 2 rings (SSSR count). The number of carbonyl (C=O) groups is 1. The largest absolute Gasteiger partial charge is 0.496 e. The van der Waals surface area contributed by atoms with Gasteiger partial charge in [-0.3, -0.25) is 4.79 Å². The summed E-state index contributed by atoms with van der Waals surface area (Å²) in [5, 5.41) is 2.03. The molecule has 0 aliphatic carbocycles. The van der Waals surface area contributed by atoms with Crippen LogP contribution in [0.15, 0.2) is 37.9 Å². The Hall–Kier alpha value is -0.850. The van der Waals surface area contributed by atoms with Crippen LogP contribution in [0.1, 0.15) is 15.9 Å². The molecule has 0 aliphatic rings. The summed E-state index contributed by atoms with van der Waals surface area (Å²) in [5.74, 6) is 0.513. The van der Waals surface area contributed by atoms with E-state index in [-0.39, 0.29) is 5.91 Å². The van der Waals surface area contributed by atoms with Gasteiger partial charge in [-0.15, -0.1) is 11.3 Å². The van der Waals surface area contributed by atoms with E-state index in [1.54, 1.807) is 42.5 Å². The highest BCUT2D eigenvalue weighted by molar-refractivity contribution is 9.11. The maximum atomic E-state index is 12.5. The minimum Gasteiger partial charge on any atom is -0.496 e. The first-order valence-electron chi connectivity index (χ1n) is 5.83. The maximum absolute atomic E-state index is 12.5. The number of halogens is 2. The maximum Gasteiger partial charge on any atom is 0.257 e. The summed E-state index contributed by atoms with van der Waals surface area (Å²) in [6, 6.07) is 7.42. The minimum absolute atomic E-state index is 0.0586. The first-order chi connectivity index (χ1) is 9.51. The number of amides is 1. The normalized spacial score (nSPS) is 10.4. The van der Waals surface area contributed by atoms with Crippen molar-refractivity contribution in [2.45, 2.75) is 6.54 Å². The van der Waals surface area contributed by atoms with Crippen molar-refractivity contribution in [2.75, 3.05) is 14.2 Å². The molecule has 1 aromatic heterocycles. The third kappa shape index (κ3) is 3.62. The average molecular weight is 419 g/mol. The van der Waals surface area contributed by atoms with Crippen molar-refractivity contribution in [3.63, 3.8) is 0 Å². The highest BCUT2D eigenvalue weighted by atomic mass is 79.9. The standard InChI is InChI=1S/C14H13Br2NO2S/c1-17(7-9-5-13(16)20-8-9)14(18)11-4-3-10(15)6-12(11)19-2/h3-6,8H,7H2,1-2H3. The van der Waals surface area contributed by atoms with Crippen molar-refractivity contribution in [3.8, 4) is 5.75 Å². The molecule has 0 bridgehead atoms. The van der Waals surface area contributed by atoms with Crippen molar-refractivity contribution in [2.24, 2.45) is 0 Å². The molecule has 0 unspecified atom stereocenters. The van der Waals surface area contributed by atoms with Gasteiger partial charge in [-0.2, -0.15) is 0 Å². The lowest BCUT2D eigenvalue weighted by Crippen LogP contribution is -2.26. The molecule has 0 spiro atoms. The Labute approximate surface area is 138 Å². The van der Waals surface area contributed by atoms with Crippen molar-refractivity contribution in [1.82, 2.24) is 4.90 Å². The van der Waals surface area contributed by atoms with Crippen molar-refractivity contribution in [3.05, 3.63) is 49.0 Å². The number of rotatable bonds is 4. The highest BCUT2D eigenvalue weighted by Gasteiger charge is 2.17. The first-order valence-corrected chi connectivity index (χ1v) is 8.29. The van der Waals surface area contributed by atoms with Crippen LogP contribution in [0.25, 0.3) is 0 Å². The van der Waals surface area contributed by atoms with Gasteiger partial charge in [0.25, 0.3) is 5.91 Å². The van der Waals surface area contributed by atoms with Gasteiger partial charge in [0, 0.05) is 18.1 Å². The third-order valence-electron chi connectivity index (χ3n) is 2.78. The van der Waals surface area contributed by atoms with Crippen molar-refractivity contribution < 1.29 is 9.53 Å². The number of nitrogens with zero attached hydrogens (tertiary/aromatic N) is 1. The summed E-state index contributed by atoms with van der Waals surface area (Å²) in [5.41, 5.74) is 1.67. The monoisotopic (exact) mass is 417 g/mol. The quantitative estimate of drug-likeness (QED) is 0.728. The van der Waals surface area contributed by atoms with Crippen LogP contribution >= 0.6 is 43.2 Å². The molecule has 1 aromatic carbocycles. The molecule has 106 valence electrons. The summed E-state index contributed by atoms with van der Waals surface area (Å²) in [7, 11) is 3.35. The zero-order valence-electron chi connectivity index (χ0n) is 11.0. The van der Waals surface area contributed by atoms with Crippen LogP contribution in [0.5, 0.6) is 5.75 Å². The van der Waals surface area contributed by atoms with Gasteiger partial charge >= 0.3 is 0 Å². The minimum atomic E-state index is -0.0586. The number of hydrogen-bond donors (Lipinski definition) is 0. The fourth-order valence-corrected chi connectivity index (χ4v) is 3.36. The van der Waals surface area contributed by atoms with Gasteiger partial charge in [0.05, 0.1) is 16.5 Å². The summed E-state index contributed by atoms with van der Waals surface area (Å²) in [6.07, 6.45) is 0. The van der Waals surface area contributed by atoms with Crippen LogP contribution in [0, 0.1) is 0 Å². The average Bonchev–Trinajstić information content (AvgIpc) is 2.83. The lowest BCUT2D eigenvalue weighted by molar-refractivity contribution is 0.0782. The number of hydrogen-bond acceptors (Lipinski definition) is 3. The van der Waals surface area contributed by atoms with E-state index in [2.05, 4.69) is 31.9 Å². The van der Waals surface area contributed by atoms with Crippen LogP contribution < -0.4 is 4.74 Å². The molecule has 0 saturated carbocycles. The van der Waals surface area contributed by atoms with Crippen LogP contribution in [-0.2, 0) is 6.54 Å². The van der Waals surface area contributed by atoms with Gasteiger partial charge in [-0.1, -0.05) is 15.9 Å². The molecule has 0 N–H and O–H groups in total. The molecular weight excluding hydrogens is 406 g/mol. The van der Waals surface area contributed by atoms with Crippen molar-refractivity contribution in [1.29, 1.82) is 0 Å². The molecule has 0 aliphatic heterocycles. The molecule has 0 atom stereocenters. The van der Waals surface area contributed by atoms with E-state index in [0.29, 0.717) is 17.9 Å². The van der Waals surface area contributed by atoms with Gasteiger partial charge in [0.15, 0.2) is 0 Å². The first kappa shape index (κ1) is 15.5. The SMILES string of the molecule is COc1cc(Br)ccc1C(=O)N(C)Cc1csc(Br)c1. The summed E-state index contributed by atoms with van der Waals surface area (Å²) in [4.78, 5) is 14.1. The Bertz CT molecular complexity index is 627. The topological polar surface area (TPSA) is 29.5 Å². The van der Waals surface area contributed by atoms with Crippen LogP contribution in [-0.4, -0.2) is 25.0 Å². The van der Waals surface area contributed by atoms with Crippen LogP contribution in [0.4, 0.5) is 0 Å². The number of methoxy groups -OCH3 is 1. The molecule has 0 fully saturated rings. The Kier molecular flexibility index (Phi) is 5.23. The van der Waals surface area contributed by atoms with E-state index in [1.165, 1.54) is 0 Å². The van der Waals surface area contributed by atoms with E-state index >= 15 is 0 Å². The predicted octanol–water partition coefficient (Wildman–Crippen LogP) is 4.55. The summed E-state index contributed by atoms with van der Waals surface area (Å²) in [6.45, 7) is 0.570. The number of ether oxygens (including phenoxy) is 1. The van der Waals surface area contributed by atoms with Crippen LogP contribution in [0.2, 0.25) is 0 Å². The number of thiophene rings is 1. The van der Waals surface area contributed by atoms with E-state index < -0.39 is 0 Å². The van der Waals surface area contributed by atoms with E-state index in [0.717, 1.165) is 13.8 Å². The summed E-state index contributed by atoms with van der Waals surface area (Å²) >= 11 is 8.41. The zero-order chi connectivity index (χ0) is 14.7. The van der Waals surface area contributed by atoms with Gasteiger partial charge in [0.2, 0.25) is 0 Å². The molecule has 3 nitrogen and oxygen atoms in total. The molecule has 1 amide bonds. The van der Waals surface area contributed by atoms with Gasteiger partial charge in [-0.25, -0.2) is 0 Å². The Balaban J connectivity index is 2.18. The molecular formula is C14H13Br2NO2S. The second kappa shape index (κ2) is 6.74. The molecule has 0 radical (unpaired) electrons. The Morgan fingerprint density at radius 3 is 2.70 bits per heavy atom. The molecule has 0 saturated heterocycles. The van der Waals surface area contributed by atoms with Gasteiger partial charge in [0.1, 0.15) is 5.75 Å². The van der Waals surface area contributed by atoms with E-state index in [9.17, 15) is 4.79 Å². The second-order valence-electron chi connectivity index (χ2n) is 4.26. The van der Waals surface area contributed by atoms with Crippen LogP contribution in [0.3, 0.4) is 0 Å². The second-order valence-corrected chi connectivity index (χ2v) is 7.47. The zero-order valence-corrected chi connectivity index (χ0v) is 15.0.